The molecule has 0 unspecified atom stereocenters. The smallest absolute Gasteiger partial charge is 0.151 e. The van der Waals surface area contributed by atoms with Crippen LogP contribution in [0.25, 0.3) is 0 Å². The molecular weight excluding hydrogens is 198 g/mol. The molecule has 1 saturated heterocycles. The van der Waals surface area contributed by atoms with Crippen molar-refractivity contribution in [2.75, 3.05) is 18.1 Å². The van der Waals surface area contributed by atoms with E-state index in [2.05, 4.69) is 25.3 Å². The molecule has 0 bridgehead atoms. The standard InChI is InChI=1S/C10H19NO2S/c1-4-6-11(9(2)3)10-5-7-14(12,13)8-10/h4,9-10H,1,5-8H2,2-3H3/t10-/m0/s1. The van der Waals surface area contributed by atoms with Crippen LogP contribution >= 0.6 is 0 Å². The van der Waals surface area contributed by atoms with Crippen molar-refractivity contribution in [1.82, 2.24) is 4.90 Å². The molecule has 0 aromatic heterocycles. The highest BCUT2D eigenvalue weighted by atomic mass is 32.2. The first-order valence-electron chi connectivity index (χ1n) is 5.03. The second kappa shape index (κ2) is 4.45. The van der Waals surface area contributed by atoms with E-state index in [4.69, 9.17) is 0 Å². The number of sulfone groups is 1. The van der Waals surface area contributed by atoms with Crippen molar-refractivity contribution in [2.45, 2.75) is 32.4 Å². The van der Waals surface area contributed by atoms with Gasteiger partial charge in [0, 0.05) is 18.6 Å². The SMILES string of the molecule is C=CCN(C(C)C)[C@H]1CCS(=O)(=O)C1. The largest absolute Gasteiger partial charge is 0.293 e. The number of hydrogen-bond acceptors (Lipinski definition) is 3. The van der Waals surface area contributed by atoms with Gasteiger partial charge in [0.1, 0.15) is 0 Å². The second-order valence-corrected chi connectivity index (χ2v) is 6.36. The Balaban J connectivity index is 2.67. The van der Waals surface area contributed by atoms with E-state index in [1.54, 1.807) is 0 Å². The van der Waals surface area contributed by atoms with Crippen LogP contribution in [0.2, 0.25) is 0 Å². The van der Waals surface area contributed by atoms with E-state index in [9.17, 15) is 8.42 Å². The second-order valence-electron chi connectivity index (χ2n) is 4.14. The average Bonchev–Trinajstić information content (AvgIpc) is 2.41. The van der Waals surface area contributed by atoms with Crippen molar-refractivity contribution >= 4 is 9.84 Å². The summed E-state index contributed by atoms with van der Waals surface area (Å²) in [5.74, 6) is 0.664. The highest BCUT2D eigenvalue weighted by Crippen LogP contribution is 2.19. The fraction of sp³-hybridized carbons (Fsp3) is 0.800. The van der Waals surface area contributed by atoms with E-state index in [1.807, 2.05) is 6.08 Å². The summed E-state index contributed by atoms with van der Waals surface area (Å²) in [7, 11) is -2.77. The van der Waals surface area contributed by atoms with E-state index in [-0.39, 0.29) is 6.04 Å². The summed E-state index contributed by atoms with van der Waals surface area (Å²) in [6.45, 7) is 8.66. The van der Waals surface area contributed by atoms with Crippen molar-refractivity contribution in [3.63, 3.8) is 0 Å². The lowest BCUT2D eigenvalue weighted by atomic mass is 10.2. The number of hydrogen-bond donors (Lipinski definition) is 0. The van der Waals surface area contributed by atoms with Gasteiger partial charge in [-0.05, 0) is 20.3 Å². The van der Waals surface area contributed by atoms with Crippen molar-refractivity contribution in [2.24, 2.45) is 0 Å². The van der Waals surface area contributed by atoms with Gasteiger partial charge in [-0.1, -0.05) is 6.08 Å². The molecule has 14 heavy (non-hydrogen) atoms. The normalized spacial score (nSPS) is 25.9. The summed E-state index contributed by atoms with van der Waals surface area (Å²) >= 11 is 0. The summed E-state index contributed by atoms with van der Waals surface area (Å²) in [4.78, 5) is 2.21. The first-order valence-corrected chi connectivity index (χ1v) is 6.85. The Labute approximate surface area is 86.7 Å². The van der Waals surface area contributed by atoms with Gasteiger partial charge in [0.15, 0.2) is 9.84 Å². The fourth-order valence-corrected chi connectivity index (χ4v) is 3.71. The molecule has 0 aromatic rings. The molecule has 82 valence electrons. The van der Waals surface area contributed by atoms with Gasteiger partial charge in [0.2, 0.25) is 0 Å². The van der Waals surface area contributed by atoms with Crippen LogP contribution in [0.1, 0.15) is 20.3 Å². The Bertz CT molecular complexity index is 295. The molecule has 0 aromatic carbocycles. The lowest BCUT2D eigenvalue weighted by Crippen LogP contribution is -2.41. The minimum absolute atomic E-state index is 0.193. The van der Waals surface area contributed by atoms with E-state index in [1.165, 1.54) is 0 Å². The van der Waals surface area contributed by atoms with E-state index in [0.29, 0.717) is 17.5 Å². The van der Waals surface area contributed by atoms with E-state index >= 15 is 0 Å². The molecule has 0 amide bonds. The predicted molar refractivity (Wildman–Crippen MR) is 59.1 cm³/mol. The summed E-state index contributed by atoms with van der Waals surface area (Å²) < 4.78 is 22.6. The molecule has 4 heteroatoms. The maximum atomic E-state index is 11.3. The molecule has 0 N–H and O–H groups in total. The van der Waals surface area contributed by atoms with Gasteiger partial charge in [0.05, 0.1) is 11.5 Å². The number of rotatable bonds is 4. The van der Waals surface area contributed by atoms with Gasteiger partial charge in [-0.3, -0.25) is 4.90 Å². The van der Waals surface area contributed by atoms with Crippen molar-refractivity contribution in [1.29, 1.82) is 0 Å². The minimum Gasteiger partial charge on any atom is -0.293 e. The molecule has 1 atom stereocenters. The van der Waals surface area contributed by atoms with Crippen LogP contribution in [0.15, 0.2) is 12.7 Å². The third-order valence-corrected chi connectivity index (χ3v) is 4.43. The Hall–Kier alpha value is -0.350. The lowest BCUT2D eigenvalue weighted by Gasteiger charge is -2.30. The topological polar surface area (TPSA) is 37.4 Å². The molecular formula is C10H19NO2S. The predicted octanol–water partition coefficient (Wildman–Crippen LogP) is 1.07. The lowest BCUT2D eigenvalue weighted by molar-refractivity contribution is 0.187. The van der Waals surface area contributed by atoms with Crippen molar-refractivity contribution in [3.05, 3.63) is 12.7 Å². The van der Waals surface area contributed by atoms with E-state index < -0.39 is 9.84 Å². The molecule has 3 nitrogen and oxygen atoms in total. The number of nitrogens with zero attached hydrogens (tertiary/aromatic N) is 1. The third-order valence-electron chi connectivity index (χ3n) is 2.68. The molecule has 1 rings (SSSR count). The third kappa shape index (κ3) is 2.82. The quantitative estimate of drug-likeness (QED) is 0.661. The Kier molecular flexibility index (Phi) is 3.72. The zero-order valence-corrected chi connectivity index (χ0v) is 9.76. The highest BCUT2D eigenvalue weighted by molar-refractivity contribution is 7.91. The first kappa shape index (κ1) is 11.7. The van der Waals surface area contributed by atoms with Crippen LogP contribution < -0.4 is 0 Å². The van der Waals surface area contributed by atoms with Gasteiger partial charge in [-0.15, -0.1) is 6.58 Å². The Morgan fingerprint density at radius 2 is 2.21 bits per heavy atom. The Morgan fingerprint density at radius 3 is 2.57 bits per heavy atom. The first-order chi connectivity index (χ1) is 6.46. The summed E-state index contributed by atoms with van der Waals surface area (Å²) in [6, 6.07) is 0.573. The molecule has 0 radical (unpaired) electrons. The summed E-state index contributed by atoms with van der Waals surface area (Å²) in [5.41, 5.74) is 0. The van der Waals surface area contributed by atoms with Gasteiger partial charge >= 0.3 is 0 Å². The fourth-order valence-electron chi connectivity index (χ4n) is 1.97. The van der Waals surface area contributed by atoms with Gasteiger partial charge in [0.25, 0.3) is 0 Å². The van der Waals surface area contributed by atoms with Crippen LogP contribution in [-0.4, -0.2) is 43.5 Å². The van der Waals surface area contributed by atoms with Gasteiger partial charge < -0.3 is 0 Å². The van der Waals surface area contributed by atoms with Crippen molar-refractivity contribution < 1.29 is 8.42 Å². The molecule has 1 aliphatic heterocycles. The minimum atomic E-state index is -2.77. The van der Waals surface area contributed by atoms with Gasteiger partial charge in [-0.2, -0.15) is 0 Å². The van der Waals surface area contributed by atoms with Gasteiger partial charge in [-0.25, -0.2) is 8.42 Å². The van der Waals surface area contributed by atoms with Crippen LogP contribution in [-0.2, 0) is 9.84 Å². The molecule has 1 aliphatic rings. The van der Waals surface area contributed by atoms with Crippen LogP contribution in [0, 0.1) is 0 Å². The van der Waals surface area contributed by atoms with Crippen LogP contribution in [0.5, 0.6) is 0 Å². The van der Waals surface area contributed by atoms with Crippen molar-refractivity contribution in [3.8, 4) is 0 Å². The maximum absolute atomic E-state index is 11.3. The summed E-state index contributed by atoms with van der Waals surface area (Å²) in [5, 5.41) is 0. The Morgan fingerprint density at radius 1 is 1.57 bits per heavy atom. The van der Waals surface area contributed by atoms with Crippen LogP contribution in [0.4, 0.5) is 0 Å². The average molecular weight is 217 g/mol. The van der Waals surface area contributed by atoms with Crippen LogP contribution in [0.3, 0.4) is 0 Å². The molecule has 0 saturated carbocycles. The maximum Gasteiger partial charge on any atom is 0.151 e. The molecule has 0 spiro atoms. The zero-order chi connectivity index (χ0) is 10.8. The summed E-state index contributed by atoms with van der Waals surface area (Å²) in [6.07, 6.45) is 2.61. The molecule has 1 heterocycles. The zero-order valence-electron chi connectivity index (χ0n) is 8.94. The molecule has 1 fully saturated rings. The molecule has 0 aliphatic carbocycles. The monoisotopic (exact) mass is 217 g/mol. The van der Waals surface area contributed by atoms with E-state index in [0.717, 1.165) is 13.0 Å². The highest BCUT2D eigenvalue weighted by Gasteiger charge is 2.32.